The van der Waals surface area contributed by atoms with Gasteiger partial charge in [-0.2, -0.15) is 0 Å². The van der Waals surface area contributed by atoms with Crippen molar-refractivity contribution in [2.45, 2.75) is 136 Å². The lowest BCUT2D eigenvalue weighted by atomic mass is 9.97. The highest BCUT2D eigenvalue weighted by atomic mass is 16.6. The maximum absolute atomic E-state index is 12.8. The van der Waals surface area contributed by atoms with Crippen molar-refractivity contribution < 1.29 is 24.2 Å². The molecule has 7 heteroatoms. The highest BCUT2D eigenvalue weighted by molar-refractivity contribution is 5.89. The number of alkyl carbamates (subject to hydrolysis) is 1. The molecule has 0 aromatic rings. The average molecular weight is 457 g/mol. The third-order valence-electron chi connectivity index (χ3n) is 5.63. The summed E-state index contributed by atoms with van der Waals surface area (Å²) in [6.07, 6.45) is 12.0. The van der Waals surface area contributed by atoms with Gasteiger partial charge in [-0.05, 0) is 33.1 Å². The van der Waals surface area contributed by atoms with Gasteiger partial charge in [-0.3, -0.25) is 4.79 Å². The topological polar surface area (TPSA) is 105 Å². The number of hydrogen-bond acceptors (Lipinski definition) is 4. The normalized spacial score (nSPS) is 14.3. The second-order valence-electron chi connectivity index (χ2n) is 9.88. The van der Waals surface area contributed by atoms with Crippen LogP contribution in [-0.4, -0.2) is 40.8 Å². The van der Waals surface area contributed by atoms with Crippen LogP contribution in [0.15, 0.2) is 0 Å². The summed E-state index contributed by atoms with van der Waals surface area (Å²) >= 11 is 0. The molecule has 0 spiro atoms. The van der Waals surface area contributed by atoms with Crippen molar-refractivity contribution in [2.24, 2.45) is 5.92 Å². The number of unbranched alkanes of at least 4 members (excludes halogenated alkanes) is 9. The van der Waals surface area contributed by atoms with Gasteiger partial charge in [0.25, 0.3) is 0 Å². The van der Waals surface area contributed by atoms with Crippen molar-refractivity contribution >= 4 is 18.0 Å². The van der Waals surface area contributed by atoms with Crippen molar-refractivity contribution in [3.8, 4) is 0 Å². The summed E-state index contributed by atoms with van der Waals surface area (Å²) in [6.45, 7) is 11.2. The first-order chi connectivity index (χ1) is 15.0. The van der Waals surface area contributed by atoms with Crippen LogP contribution < -0.4 is 10.6 Å². The highest BCUT2D eigenvalue weighted by Gasteiger charge is 2.31. The van der Waals surface area contributed by atoms with Gasteiger partial charge in [-0.25, -0.2) is 9.59 Å². The maximum atomic E-state index is 12.8. The summed E-state index contributed by atoms with van der Waals surface area (Å²) in [5.74, 6) is -1.69. The van der Waals surface area contributed by atoms with Crippen LogP contribution in [0.2, 0.25) is 0 Å². The van der Waals surface area contributed by atoms with Gasteiger partial charge in [0, 0.05) is 0 Å². The molecule has 1 unspecified atom stereocenters. The molecule has 0 saturated carbocycles. The lowest BCUT2D eigenvalue weighted by Gasteiger charge is -2.27. The predicted molar refractivity (Wildman–Crippen MR) is 129 cm³/mol. The Hall–Kier alpha value is -1.79. The average Bonchev–Trinajstić information content (AvgIpc) is 2.70. The van der Waals surface area contributed by atoms with Gasteiger partial charge in [0.1, 0.15) is 17.7 Å². The summed E-state index contributed by atoms with van der Waals surface area (Å²) in [4.78, 5) is 36.6. The molecule has 0 bridgehead atoms. The highest BCUT2D eigenvalue weighted by Crippen LogP contribution is 2.14. The van der Waals surface area contributed by atoms with Crippen LogP contribution in [-0.2, 0) is 14.3 Å². The Labute approximate surface area is 195 Å². The molecule has 0 aromatic carbocycles. The number of carboxylic acid groups (broad SMARTS) is 1. The number of carboxylic acids is 1. The first-order valence-corrected chi connectivity index (χ1v) is 12.5. The van der Waals surface area contributed by atoms with Crippen LogP contribution >= 0.6 is 0 Å². The van der Waals surface area contributed by atoms with Crippen LogP contribution in [0.25, 0.3) is 0 Å². The van der Waals surface area contributed by atoms with E-state index >= 15 is 0 Å². The minimum absolute atomic E-state index is 0.158. The molecule has 0 aliphatic carbocycles. The first kappa shape index (κ1) is 30.2. The van der Waals surface area contributed by atoms with Crippen LogP contribution in [0.4, 0.5) is 4.79 Å². The van der Waals surface area contributed by atoms with Crippen LogP contribution in [0.5, 0.6) is 0 Å². The van der Waals surface area contributed by atoms with Gasteiger partial charge in [0.15, 0.2) is 0 Å². The SMILES string of the molecule is CCCCCCCCCCCC[C@H](NC(=O)[C@@H](NC(=O)OC(C)(C)C)C(C)CC)C(=O)O. The Balaban J connectivity index is 4.51. The number of carbonyl (C=O) groups excluding carboxylic acids is 2. The first-order valence-electron chi connectivity index (χ1n) is 12.5. The number of carbonyl (C=O) groups is 3. The number of nitrogens with one attached hydrogen (secondary N) is 2. The molecule has 32 heavy (non-hydrogen) atoms. The maximum Gasteiger partial charge on any atom is 0.408 e. The monoisotopic (exact) mass is 456 g/mol. The second-order valence-corrected chi connectivity index (χ2v) is 9.88. The third kappa shape index (κ3) is 15.1. The number of aliphatic carboxylic acids is 1. The molecule has 0 radical (unpaired) electrons. The summed E-state index contributed by atoms with van der Waals surface area (Å²) in [5, 5.41) is 14.8. The molecule has 0 saturated heterocycles. The van der Waals surface area contributed by atoms with Crippen molar-refractivity contribution in [3.05, 3.63) is 0 Å². The van der Waals surface area contributed by atoms with E-state index in [1.807, 2.05) is 13.8 Å². The van der Waals surface area contributed by atoms with Gasteiger partial charge < -0.3 is 20.5 Å². The fourth-order valence-electron chi connectivity index (χ4n) is 3.49. The Kier molecular flexibility index (Phi) is 15.8. The van der Waals surface area contributed by atoms with Gasteiger partial charge in [-0.1, -0.05) is 91.4 Å². The van der Waals surface area contributed by atoms with Crippen molar-refractivity contribution in [1.82, 2.24) is 10.6 Å². The molecular formula is C25H48N2O5. The molecule has 7 nitrogen and oxygen atoms in total. The molecule has 188 valence electrons. The molecule has 0 fully saturated rings. The molecule has 0 aliphatic rings. The molecule has 0 aromatic heterocycles. The number of hydrogen-bond donors (Lipinski definition) is 3. The lowest BCUT2D eigenvalue weighted by molar-refractivity contribution is -0.142. The van der Waals surface area contributed by atoms with Gasteiger partial charge in [0.2, 0.25) is 5.91 Å². The Bertz CT molecular complexity index is 545. The van der Waals surface area contributed by atoms with Crippen molar-refractivity contribution in [1.29, 1.82) is 0 Å². The van der Waals surface area contributed by atoms with Crippen LogP contribution in [0, 0.1) is 5.92 Å². The summed E-state index contributed by atoms with van der Waals surface area (Å²) in [5.41, 5.74) is -0.681. The summed E-state index contributed by atoms with van der Waals surface area (Å²) < 4.78 is 5.26. The number of amides is 2. The Morgan fingerprint density at radius 1 is 0.844 bits per heavy atom. The molecule has 3 atom stereocenters. The standard InChI is InChI=1S/C25H48N2O5/c1-7-9-10-11-12-13-14-15-16-17-18-20(23(29)30)26-22(28)21(19(3)8-2)27-24(31)32-25(4,5)6/h19-21H,7-18H2,1-6H3,(H,26,28)(H,27,31)(H,29,30)/t19?,20-,21-/m0/s1. The molecule has 0 heterocycles. The number of rotatable bonds is 17. The van der Waals surface area contributed by atoms with E-state index in [-0.39, 0.29) is 5.92 Å². The summed E-state index contributed by atoms with van der Waals surface area (Å²) in [7, 11) is 0. The van der Waals surface area contributed by atoms with Crippen LogP contribution in [0.3, 0.4) is 0 Å². The smallest absolute Gasteiger partial charge is 0.408 e. The third-order valence-corrected chi connectivity index (χ3v) is 5.63. The Morgan fingerprint density at radius 3 is 1.78 bits per heavy atom. The quantitative estimate of drug-likeness (QED) is 0.240. The minimum Gasteiger partial charge on any atom is -0.480 e. The zero-order chi connectivity index (χ0) is 24.6. The molecule has 3 N–H and O–H groups in total. The fraction of sp³-hybridized carbons (Fsp3) is 0.880. The van der Waals surface area contributed by atoms with E-state index in [0.717, 1.165) is 19.3 Å². The van der Waals surface area contributed by atoms with E-state index in [4.69, 9.17) is 4.74 Å². The molecule has 0 aliphatic heterocycles. The zero-order valence-electron chi connectivity index (χ0n) is 21.3. The largest absolute Gasteiger partial charge is 0.480 e. The second kappa shape index (κ2) is 16.8. The number of ether oxygens (including phenoxy) is 1. The van der Waals surface area contributed by atoms with Crippen LogP contribution in [0.1, 0.15) is 119 Å². The van der Waals surface area contributed by atoms with Gasteiger partial charge in [0.05, 0.1) is 0 Å². The lowest BCUT2D eigenvalue weighted by Crippen LogP contribution is -2.54. The van der Waals surface area contributed by atoms with Gasteiger partial charge in [-0.15, -0.1) is 0 Å². The summed E-state index contributed by atoms with van der Waals surface area (Å²) in [6, 6.07) is -1.80. The van der Waals surface area contributed by atoms with E-state index in [1.54, 1.807) is 20.8 Å². The predicted octanol–water partition coefficient (Wildman–Crippen LogP) is 5.81. The molecular weight excluding hydrogens is 408 g/mol. The minimum atomic E-state index is -1.05. The van der Waals surface area contributed by atoms with Gasteiger partial charge >= 0.3 is 12.1 Å². The fourth-order valence-corrected chi connectivity index (χ4v) is 3.49. The Morgan fingerprint density at radius 2 is 1.34 bits per heavy atom. The molecule has 0 rings (SSSR count). The van der Waals surface area contributed by atoms with Crippen molar-refractivity contribution in [3.63, 3.8) is 0 Å². The van der Waals surface area contributed by atoms with E-state index in [1.165, 1.54) is 44.9 Å². The zero-order valence-corrected chi connectivity index (χ0v) is 21.3. The van der Waals surface area contributed by atoms with Crippen molar-refractivity contribution in [2.75, 3.05) is 0 Å². The van der Waals surface area contributed by atoms with E-state index in [2.05, 4.69) is 17.6 Å². The van der Waals surface area contributed by atoms with E-state index in [9.17, 15) is 19.5 Å². The molecule has 2 amide bonds. The van der Waals surface area contributed by atoms with E-state index < -0.39 is 35.7 Å². The van der Waals surface area contributed by atoms with E-state index in [0.29, 0.717) is 12.8 Å².